The van der Waals surface area contributed by atoms with Crippen molar-refractivity contribution in [3.8, 4) is 0 Å². The molecule has 0 spiro atoms. The van der Waals surface area contributed by atoms with Crippen LogP contribution in [0.1, 0.15) is 35.3 Å². The van der Waals surface area contributed by atoms with E-state index in [9.17, 15) is 14.4 Å². The second-order valence-electron chi connectivity index (χ2n) is 4.28. The normalized spacial score (nSPS) is 14.2. The largest absolute Gasteiger partial charge is 0.311 e. The van der Waals surface area contributed by atoms with Gasteiger partial charge in [-0.2, -0.15) is 0 Å². The van der Waals surface area contributed by atoms with Crippen LogP contribution in [0.3, 0.4) is 0 Å². The van der Waals surface area contributed by atoms with Crippen LogP contribution in [0.25, 0.3) is 0 Å². The summed E-state index contributed by atoms with van der Waals surface area (Å²) in [7, 11) is 0. The van der Waals surface area contributed by atoms with Crippen molar-refractivity contribution in [2.24, 2.45) is 5.84 Å². The van der Waals surface area contributed by atoms with Crippen molar-refractivity contribution in [2.75, 3.05) is 0 Å². The summed E-state index contributed by atoms with van der Waals surface area (Å²) in [5, 5.41) is 0. The van der Waals surface area contributed by atoms with Crippen molar-refractivity contribution >= 4 is 11.7 Å². The Morgan fingerprint density at radius 3 is 2.83 bits per heavy atom. The van der Waals surface area contributed by atoms with Gasteiger partial charge in [-0.25, -0.2) is 5.84 Å². The first kappa shape index (κ1) is 12.5. The van der Waals surface area contributed by atoms with Crippen LogP contribution in [-0.2, 0) is 17.8 Å². The maximum absolute atomic E-state index is 11.8. The Balaban J connectivity index is 2.34. The number of fused-ring (bicyclic) bond motifs is 1. The molecular formula is C12H15N3O3. The summed E-state index contributed by atoms with van der Waals surface area (Å²) in [6, 6.07) is 2.96. The summed E-state index contributed by atoms with van der Waals surface area (Å²) in [6.45, 7) is 0.248. The molecule has 1 aromatic rings. The van der Waals surface area contributed by atoms with E-state index in [2.05, 4.69) is 0 Å². The predicted molar refractivity (Wildman–Crippen MR) is 64.9 cm³/mol. The zero-order valence-corrected chi connectivity index (χ0v) is 9.94. The summed E-state index contributed by atoms with van der Waals surface area (Å²) >= 11 is 0. The number of carbonyl (C=O) groups excluding carboxylic acids is 2. The van der Waals surface area contributed by atoms with Gasteiger partial charge in [0.15, 0.2) is 5.78 Å². The van der Waals surface area contributed by atoms with Gasteiger partial charge in [0, 0.05) is 36.7 Å². The number of pyridine rings is 1. The molecule has 2 rings (SSSR count). The number of Topliss-reactive ketones (excluding diaryl/α,β-unsaturated/α-hetero) is 1. The molecule has 1 aliphatic rings. The zero-order valence-electron chi connectivity index (χ0n) is 9.94. The number of nitrogens with two attached hydrogens (primary N) is 1. The number of rotatable bonds is 3. The molecule has 0 atom stereocenters. The number of nitrogens with zero attached hydrogens (tertiary/aromatic N) is 1. The molecular weight excluding hydrogens is 234 g/mol. The average molecular weight is 249 g/mol. The molecule has 0 saturated heterocycles. The third kappa shape index (κ3) is 2.33. The lowest BCUT2D eigenvalue weighted by atomic mass is 9.94. The highest BCUT2D eigenvalue weighted by Gasteiger charge is 2.20. The van der Waals surface area contributed by atoms with E-state index in [0.717, 1.165) is 12.1 Å². The van der Waals surface area contributed by atoms with Crippen molar-refractivity contribution in [1.82, 2.24) is 9.99 Å². The van der Waals surface area contributed by atoms with Gasteiger partial charge in [0.05, 0.1) is 0 Å². The van der Waals surface area contributed by atoms with Gasteiger partial charge in [-0.3, -0.25) is 19.8 Å². The molecule has 1 amide bonds. The van der Waals surface area contributed by atoms with Gasteiger partial charge in [0.25, 0.3) is 5.56 Å². The fourth-order valence-electron chi connectivity index (χ4n) is 2.22. The SMILES string of the molecule is NNC(=O)CCn1c2c(ccc1=O)C(=O)CCC2. The number of aromatic nitrogens is 1. The van der Waals surface area contributed by atoms with Gasteiger partial charge >= 0.3 is 0 Å². The second-order valence-corrected chi connectivity index (χ2v) is 4.28. The Bertz CT molecular complexity index is 548. The fraction of sp³-hybridized carbons (Fsp3) is 0.417. The van der Waals surface area contributed by atoms with Crippen LogP contribution in [0.4, 0.5) is 0 Å². The second kappa shape index (κ2) is 5.14. The Morgan fingerprint density at radius 1 is 1.33 bits per heavy atom. The smallest absolute Gasteiger partial charge is 0.250 e. The standard InChI is InChI=1S/C12H15N3O3/c13-14-11(17)6-7-15-9-2-1-3-10(16)8(9)4-5-12(15)18/h4-5H,1-3,6-7,13H2,(H,14,17). The van der Waals surface area contributed by atoms with Crippen LogP contribution in [0.2, 0.25) is 0 Å². The van der Waals surface area contributed by atoms with E-state index in [1.165, 1.54) is 10.6 Å². The lowest BCUT2D eigenvalue weighted by Crippen LogP contribution is -2.33. The molecule has 0 unspecified atom stereocenters. The van der Waals surface area contributed by atoms with Crippen molar-refractivity contribution in [2.45, 2.75) is 32.2 Å². The minimum absolute atomic E-state index is 0.0632. The fourth-order valence-corrected chi connectivity index (χ4v) is 2.22. The highest BCUT2D eigenvalue weighted by atomic mass is 16.2. The summed E-state index contributed by atoms with van der Waals surface area (Å²) in [4.78, 5) is 34.6. The van der Waals surface area contributed by atoms with Crippen molar-refractivity contribution in [1.29, 1.82) is 0 Å². The summed E-state index contributed by atoms with van der Waals surface area (Å²) < 4.78 is 1.50. The average Bonchev–Trinajstić information content (AvgIpc) is 2.37. The maximum Gasteiger partial charge on any atom is 0.250 e. The Labute approximate surface area is 104 Å². The van der Waals surface area contributed by atoms with Gasteiger partial charge in [0.1, 0.15) is 0 Å². The number of amides is 1. The van der Waals surface area contributed by atoms with E-state index < -0.39 is 0 Å². The lowest BCUT2D eigenvalue weighted by molar-refractivity contribution is -0.121. The molecule has 1 aliphatic carbocycles. The zero-order chi connectivity index (χ0) is 13.1. The molecule has 0 saturated carbocycles. The van der Waals surface area contributed by atoms with Crippen LogP contribution >= 0.6 is 0 Å². The van der Waals surface area contributed by atoms with Gasteiger partial charge in [0.2, 0.25) is 5.91 Å². The lowest BCUT2D eigenvalue weighted by Gasteiger charge is -2.19. The number of hydrogen-bond donors (Lipinski definition) is 2. The topological polar surface area (TPSA) is 94.2 Å². The minimum atomic E-state index is -0.332. The molecule has 3 N–H and O–H groups in total. The van der Waals surface area contributed by atoms with Crippen molar-refractivity contribution in [3.63, 3.8) is 0 Å². The summed E-state index contributed by atoms with van der Waals surface area (Å²) in [5.74, 6) is 4.72. The maximum atomic E-state index is 11.8. The van der Waals surface area contributed by atoms with E-state index in [-0.39, 0.29) is 30.2 Å². The van der Waals surface area contributed by atoms with E-state index in [0.29, 0.717) is 18.4 Å². The van der Waals surface area contributed by atoms with Gasteiger partial charge in [-0.15, -0.1) is 0 Å². The molecule has 96 valence electrons. The summed E-state index contributed by atoms with van der Waals surface area (Å²) in [6.07, 6.45) is 2.09. The van der Waals surface area contributed by atoms with Crippen LogP contribution in [0, 0.1) is 0 Å². The molecule has 0 aliphatic heterocycles. The Hall–Kier alpha value is -1.95. The monoisotopic (exact) mass is 249 g/mol. The molecule has 0 radical (unpaired) electrons. The molecule has 0 fully saturated rings. The molecule has 6 nitrogen and oxygen atoms in total. The number of hydrogen-bond acceptors (Lipinski definition) is 4. The van der Waals surface area contributed by atoms with Crippen LogP contribution in [-0.4, -0.2) is 16.3 Å². The number of ketones is 1. The van der Waals surface area contributed by atoms with E-state index >= 15 is 0 Å². The first-order chi connectivity index (χ1) is 8.63. The Morgan fingerprint density at radius 2 is 2.11 bits per heavy atom. The van der Waals surface area contributed by atoms with Crippen LogP contribution < -0.4 is 16.8 Å². The highest BCUT2D eigenvalue weighted by molar-refractivity contribution is 5.97. The first-order valence-corrected chi connectivity index (χ1v) is 5.89. The highest BCUT2D eigenvalue weighted by Crippen LogP contribution is 2.19. The number of carbonyl (C=O) groups is 2. The van der Waals surface area contributed by atoms with Gasteiger partial charge < -0.3 is 4.57 Å². The predicted octanol–water partition coefficient (Wildman–Crippen LogP) is -0.253. The molecule has 0 aromatic carbocycles. The van der Waals surface area contributed by atoms with Crippen LogP contribution in [0.15, 0.2) is 16.9 Å². The van der Waals surface area contributed by atoms with E-state index in [1.807, 2.05) is 5.43 Å². The quantitative estimate of drug-likeness (QED) is 0.438. The minimum Gasteiger partial charge on any atom is -0.311 e. The number of hydrazine groups is 1. The third-order valence-electron chi connectivity index (χ3n) is 3.14. The van der Waals surface area contributed by atoms with E-state index in [1.54, 1.807) is 6.07 Å². The van der Waals surface area contributed by atoms with E-state index in [4.69, 9.17) is 5.84 Å². The van der Waals surface area contributed by atoms with Crippen molar-refractivity contribution < 1.29 is 9.59 Å². The summed E-state index contributed by atoms with van der Waals surface area (Å²) in [5.41, 5.74) is 3.18. The molecule has 6 heteroatoms. The number of nitrogens with one attached hydrogen (secondary N) is 1. The molecule has 1 aromatic heterocycles. The first-order valence-electron chi connectivity index (χ1n) is 5.89. The molecule has 0 bridgehead atoms. The van der Waals surface area contributed by atoms with Crippen LogP contribution in [0.5, 0.6) is 0 Å². The van der Waals surface area contributed by atoms with Gasteiger partial charge in [-0.05, 0) is 18.9 Å². The third-order valence-corrected chi connectivity index (χ3v) is 3.14. The van der Waals surface area contributed by atoms with Crippen molar-refractivity contribution in [3.05, 3.63) is 33.7 Å². The van der Waals surface area contributed by atoms with Gasteiger partial charge in [-0.1, -0.05) is 0 Å². The molecule has 1 heterocycles. The molecule has 18 heavy (non-hydrogen) atoms. The Kier molecular flexibility index (Phi) is 3.57.